The zero-order valence-electron chi connectivity index (χ0n) is 14.3. The minimum Gasteiger partial charge on any atom is -0.462 e. The molecule has 0 radical (unpaired) electrons. The van der Waals surface area contributed by atoms with Crippen molar-refractivity contribution in [3.63, 3.8) is 0 Å². The molecule has 0 atom stereocenters. The van der Waals surface area contributed by atoms with E-state index in [1.807, 2.05) is 33.8 Å². The van der Waals surface area contributed by atoms with Crippen LogP contribution < -0.4 is 0 Å². The van der Waals surface area contributed by atoms with Gasteiger partial charge < -0.3 is 9.72 Å². The standard InChI is InChI=1S/C18H24N2O2/c1-7-14-10(3)15(19-12(14)5)9-16-11(4)17(13(6)20-16)18(21)22-8-2/h9,20H,7-8H2,1-6H3/b15-9+. The van der Waals surface area contributed by atoms with Gasteiger partial charge in [0.15, 0.2) is 0 Å². The summed E-state index contributed by atoms with van der Waals surface area (Å²) in [4.78, 5) is 20.0. The van der Waals surface area contributed by atoms with Gasteiger partial charge in [-0.25, -0.2) is 4.79 Å². The number of allylic oxidation sites excluding steroid dienone is 2. The number of carbonyl (C=O) groups is 1. The molecule has 0 aliphatic carbocycles. The highest BCUT2D eigenvalue weighted by molar-refractivity contribution is 6.03. The molecule has 1 aromatic heterocycles. The van der Waals surface area contributed by atoms with Gasteiger partial charge in [0, 0.05) is 17.1 Å². The first-order valence-corrected chi connectivity index (χ1v) is 7.74. The predicted octanol–water partition coefficient (Wildman–Crippen LogP) is 4.35. The highest BCUT2D eigenvalue weighted by Gasteiger charge is 2.20. The predicted molar refractivity (Wildman–Crippen MR) is 90.3 cm³/mol. The number of rotatable bonds is 4. The van der Waals surface area contributed by atoms with Crippen LogP contribution in [0.15, 0.2) is 21.8 Å². The summed E-state index contributed by atoms with van der Waals surface area (Å²) < 4.78 is 5.13. The molecule has 1 aliphatic heterocycles. The SMILES string of the molecule is CCOC(=O)c1c(C)[nH]c(/C=C2/N=C(C)C(CC)=C2C)c1C. The number of aromatic amines is 1. The fraction of sp³-hybridized carbons (Fsp3) is 0.444. The minimum atomic E-state index is -0.272. The average molecular weight is 300 g/mol. The number of esters is 1. The third-order valence-electron chi connectivity index (χ3n) is 4.15. The molecule has 0 fully saturated rings. The van der Waals surface area contributed by atoms with E-state index in [1.165, 1.54) is 11.1 Å². The third kappa shape index (κ3) is 2.78. The van der Waals surface area contributed by atoms with Crippen molar-refractivity contribution in [2.24, 2.45) is 4.99 Å². The summed E-state index contributed by atoms with van der Waals surface area (Å²) in [5, 5.41) is 0. The molecule has 2 rings (SSSR count). The normalized spacial score (nSPS) is 16.5. The highest BCUT2D eigenvalue weighted by atomic mass is 16.5. The number of hydrogen-bond donors (Lipinski definition) is 1. The monoisotopic (exact) mass is 300 g/mol. The first kappa shape index (κ1) is 16.3. The fourth-order valence-corrected chi connectivity index (χ4v) is 2.98. The maximum Gasteiger partial charge on any atom is 0.340 e. The molecule has 0 aromatic carbocycles. The summed E-state index contributed by atoms with van der Waals surface area (Å²) >= 11 is 0. The number of aryl methyl sites for hydroxylation is 1. The van der Waals surface area contributed by atoms with Crippen molar-refractivity contribution in [3.8, 4) is 0 Å². The van der Waals surface area contributed by atoms with Crippen LogP contribution in [0.2, 0.25) is 0 Å². The molecule has 4 heteroatoms. The van der Waals surface area contributed by atoms with Crippen LogP contribution >= 0.6 is 0 Å². The molecule has 4 nitrogen and oxygen atoms in total. The Labute approximate surface area is 132 Å². The van der Waals surface area contributed by atoms with Gasteiger partial charge in [-0.05, 0) is 63.8 Å². The first-order valence-electron chi connectivity index (χ1n) is 7.74. The van der Waals surface area contributed by atoms with Crippen molar-refractivity contribution >= 4 is 17.8 Å². The van der Waals surface area contributed by atoms with E-state index >= 15 is 0 Å². The molecule has 1 aromatic rings. The average Bonchev–Trinajstić information content (AvgIpc) is 2.87. The molecule has 118 valence electrons. The van der Waals surface area contributed by atoms with Gasteiger partial charge in [-0.2, -0.15) is 0 Å². The second-order valence-electron chi connectivity index (χ2n) is 5.57. The Balaban J connectivity index is 2.45. The Morgan fingerprint density at radius 2 is 1.91 bits per heavy atom. The summed E-state index contributed by atoms with van der Waals surface area (Å²) in [5.41, 5.74) is 7.86. The van der Waals surface area contributed by atoms with E-state index in [1.54, 1.807) is 0 Å². The van der Waals surface area contributed by atoms with E-state index in [-0.39, 0.29) is 5.97 Å². The Hall–Kier alpha value is -2.10. The molecule has 0 saturated carbocycles. The van der Waals surface area contributed by atoms with Crippen LogP contribution in [-0.4, -0.2) is 23.3 Å². The molecule has 0 unspecified atom stereocenters. The molecule has 2 heterocycles. The second kappa shape index (κ2) is 6.34. The van der Waals surface area contributed by atoms with Crippen LogP contribution in [-0.2, 0) is 4.74 Å². The quantitative estimate of drug-likeness (QED) is 0.840. The van der Waals surface area contributed by atoms with Crippen molar-refractivity contribution in [1.29, 1.82) is 0 Å². The van der Waals surface area contributed by atoms with Crippen molar-refractivity contribution in [2.75, 3.05) is 6.61 Å². The summed E-state index contributed by atoms with van der Waals surface area (Å²) in [7, 11) is 0. The maximum atomic E-state index is 12.1. The Morgan fingerprint density at radius 1 is 1.23 bits per heavy atom. The van der Waals surface area contributed by atoms with Crippen molar-refractivity contribution in [3.05, 3.63) is 39.4 Å². The van der Waals surface area contributed by atoms with E-state index in [4.69, 9.17) is 4.74 Å². The number of H-pyrrole nitrogens is 1. The number of hydrogen-bond acceptors (Lipinski definition) is 3. The van der Waals surface area contributed by atoms with Crippen molar-refractivity contribution in [2.45, 2.75) is 48.0 Å². The highest BCUT2D eigenvalue weighted by Crippen LogP contribution is 2.30. The zero-order chi connectivity index (χ0) is 16.4. The fourth-order valence-electron chi connectivity index (χ4n) is 2.98. The van der Waals surface area contributed by atoms with Crippen LogP contribution in [0.3, 0.4) is 0 Å². The lowest BCUT2D eigenvalue weighted by molar-refractivity contribution is 0.0525. The molecule has 0 bridgehead atoms. The number of nitrogens with one attached hydrogen (secondary N) is 1. The largest absolute Gasteiger partial charge is 0.462 e. The number of ether oxygens (including phenoxy) is 1. The van der Waals surface area contributed by atoms with E-state index in [0.29, 0.717) is 12.2 Å². The molecule has 0 amide bonds. The van der Waals surface area contributed by atoms with Crippen LogP contribution in [0.5, 0.6) is 0 Å². The molecular weight excluding hydrogens is 276 g/mol. The van der Waals surface area contributed by atoms with Gasteiger partial charge in [-0.3, -0.25) is 4.99 Å². The molecule has 22 heavy (non-hydrogen) atoms. The lowest BCUT2D eigenvalue weighted by Crippen LogP contribution is -2.06. The van der Waals surface area contributed by atoms with Gasteiger partial charge in [0.1, 0.15) is 0 Å². The van der Waals surface area contributed by atoms with Crippen molar-refractivity contribution < 1.29 is 9.53 Å². The summed E-state index contributed by atoms with van der Waals surface area (Å²) in [6, 6.07) is 0. The van der Waals surface area contributed by atoms with Gasteiger partial charge in [0.05, 0.1) is 17.9 Å². The first-order chi connectivity index (χ1) is 10.4. The van der Waals surface area contributed by atoms with Gasteiger partial charge in [0.2, 0.25) is 0 Å². The summed E-state index contributed by atoms with van der Waals surface area (Å²) in [6.45, 7) is 12.3. The Bertz CT molecular complexity index is 703. The Morgan fingerprint density at radius 3 is 2.45 bits per heavy atom. The van der Waals surface area contributed by atoms with Gasteiger partial charge in [-0.1, -0.05) is 6.92 Å². The van der Waals surface area contributed by atoms with E-state index < -0.39 is 0 Å². The number of aromatic nitrogens is 1. The van der Waals surface area contributed by atoms with Crippen LogP contribution in [0.4, 0.5) is 0 Å². The van der Waals surface area contributed by atoms with E-state index in [0.717, 1.165) is 34.8 Å². The number of carbonyl (C=O) groups excluding carboxylic acids is 1. The zero-order valence-corrected chi connectivity index (χ0v) is 14.3. The van der Waals surface area contributed by atoms with Gasteiger partial charge >= 0.3 is 5.97 Å². The topological polar surface area (TPSA) is 54.5 Å². The van der Waals surface area contributed by atoms with Crippen molar-refractivity contribution in [1.82, 2.24) is 4.98 Å². The summed E-state index contributed by atoms with van der Waals surface area (Å²) in [6.07, 6.45) is 3.00. The smallest absolute Gasteiger partial charge is 0.340 e. The molecule has 0 saturated heterocycles. The molecule has 1 N–H and O–H groups in total. The molecular formula is C18H24N2O2. The van der Waals surface area contributed by atoms with E-state index in [9.17, 15) is 4.79 Å². The number of nitrogens with zero attached hydrogens (tertiary/aromatic N) is 1. The minimum absolute atomic E-state index is 0.272. The van der Waals surface area contributed by atoms with Crippen LogP contribution in [0, 0.1) is 13.8 Å². The van der Waals surface area contributed by atoms with Crippen LogP contribution in [0.1, 0.15) is 61.4 Å². The summed E-state index contributed by atoms with van der Waals surface area (Å²) in [5.74, 6) is -0.272. The lowest BCUT2D eigenvalue weighted by atomic mass is 10.0. The molecule has 0 spiro atoms. The van der Waals surface area contributed by atoms with E-state index in [2.05, 4.69) is 23.8 Å². The lowest BCUT2D eigenvalue weighted by Gasteiger charge is -2.02. The van der Waals surface area contributed by atoms with Crippen LogP contribution in [0.25, 0.3) is 6.08 Å². The number of aliphatic imine (C=N–C) groups is 1. The second-order valence-corrected chi connectivity index (χ2v) is 5.57. The molecule has 1 aliphatic rings. The van der Waals surface area contributed by atoms with Gasteiger partial charge in [-0.15, -0.1) is 0 Å². The third-order valence-corrected chi connectivity index (χ3v) is 4.15. The van der Waals surface area contributed by atoms with Gasteiger partial charge in [0.25, 0.3) is 0 Å². The maximum absolute atomic E-state index is 12.1. The Kier molecular flexibility index (Phi) is 4.69.